The molecule has 1 aromatic heterocycles. The highest BCUT2D eigenvalue weighted by atomic mass is 19.4. The van der Waals surface area contributed by atoms with Gasteiger partial charge in [0.15, 0.2) is 11.5 Å². The molecule has 2 aromatic carbocycles. The molecular formula is C22H21F3N2O3. The van der Waals surface area contributed by atoms with E-state index in [1.165, 1.54) is 33.5 Å². The van der Waals surface area contributed by atoms with Crippen LogP contribution in [-0.4, -0.2) is 30.9 Å². The van der Waals surface area contributed by atoms with Crippen molar-refractivity contribution in [3.8, 4) is 39.8 Å². The topological polar surface area (TPSA) is 45.5 Å². The third kappa shape index (κ3) is 3.58. The molecule has 0 aliphatic heterocycles. The Hall–Kier alpha value is -3.16. The third-order valence-corrected chi connectivity index (χ3v) is 5.16. The van der Waals surface area contributed by atoms with Gasteiger partial charge in [-0.05, 0) is 37.1 Å². The molecule has 1 aliphatic rings. The average Bonchev–Trinajstić information content (AvgIpc) is 3.50. The van der Waals surface area contributed by atoms with E-state index in [1.54, 1.807) is 18.5 Å². The first-order chi connectivity index (χ1) is 14.4. The van der Waals surface area contributed by atoms with Gasteiger partial charge in [-0.3, -0.25) is 0 Å². The summed E-state index contributed by atoms with van der Waals surface area (Å²) in [6, 6.07) is 9.03. The van der Waals surface area contributed by atoms with Crippen LogP contribution >= 0.6 is 0 Å². The van der Waals surface area contributed by atoms with Crippen molar-refractivity contribution in [1.29, 1.82) is 0 Å². The second kappa shape index (κ2) is 7.59. The zero-order chi connectivity index (χ0) is 21.5. The first-order valence-electron chi connectivity index (χ1n) is 9.42. The molecule has 0 atom stereocenters. The minimum Gasteiger partial charge on any atom is -0.493 e. The number of aromatic nitrogens is 2. The van der Waals surface area contributed by atoms with Crippen molar-refractivity contribution in [2.24, 2.45) is 0 Å². The maximum atomic E-state index is 13.0. The molecule has 30 heavy (non-hydrogen) atoms. The summed E-state index contributed by atoms with van der Waals surface area (Å²) in [7, 11) is 4.58. The molecule has 1 heterocycles. The summed E-state index contributed by atoms with van der Waals surface area (Å²) in [6.07, 6.45) is -0.616. The Kier molecular flexibility index (Phi) is 5.09. The van der Waals surface area contributed by atoms with Gasteiger partial charge in [0.25, 0.3) is 0 Å². The number of halogens is 3. The fourth-order valence-electron chi connectivity index (χ4n) is 3.52. The Labute approximate surface area is 172 Å². The van der Waals surface area contributed by atoms with E-state index in [1.807, 2.05) is 4.57 Å². The summed E-state index contributed by atoms with van der Waals surface area (Å²) >= 11 is 0. The predicted molar refractivity (Wildman–Crippen MR) is 106 cm³/mol. The molecule has 0 spiro atoms. The van der Waals surface area contributed by atoms with Gasteiger partial charge < -0.3 is 18.8 Å². The standard InChI is InChI=1S/C22H21F3N2O3/c1-28-17-10-14(11-18(29-2)21(17)30-3)19-20(27(12-26-19)16-8-9-16)13-4-6-15(7-5-13)22(23,24)25/h4-7,10-12,16H,8-9H2,1-3H3. The lowest BCUT2D eigenvalue weighted by atomic mass is 10.0. The molecule has 0 amide bonds. The monoisotopic (exact) mass is 418 g/mol. The van der Waals surface area contributed by atoms with Crippen molar-refractivity contribution in [2.45, 2.75) is 25.1 Å². The number of ether oxygens (including phenoxy) is 3. The lowest BCUT2D eigenvalue weighted by Crippen LogP contribution is -2.04. The Morgan fingerprint density at radius 3 is 1.97 bits per heavy atom. The van der Waals surface area contributed by atoms with Crippen LogP contribution in [0.25, 0.3) is 22.5 Å². The van der Waals surface area contributed by atoms with Gasteiger partial charge in [-0.1, -0.05) is 12.1 Å². The average molecular weight is 418 g/mol. The molecule has 3 aromatic rings. The predicted octanol–water partition coefficient (Wildman–Crippen LogP) is 5.60. The highest BCUT2D eigenvalue weighted by Gasteiger charge is 2.32. The normalized spacial score (nSPS) is 13.9. The number of methoxy groups -OCH3 is 3. The van der Waals surface area contributed by atoms with Crippen LogP contribution in [0.1, 0.15) is 24.4 Å². The van der Waals surface area contributed by atoms with Gasteiger partial charge >= 0.3 is 6.18 Å². The van der Waals surface area contributed by atoms with Crippen molar-refractivity contribution >= 4 is 0 Å². The Morgan fingerprint density at radius 2 is 1.50 bits per heavy atom. The second-order valence-corrected chi connectivity index (χ2v) is 7.07. The van der Waals surface area contributed by atoms with E-state index in [0.29, 0.717) is 34.5 Å². The highest BCUT2D eigenvalue weighted by molar-refractivity contribution is 5.81. The maximum absolute atomic E-state index is 13.0. The number of alkyl halides is 3. The summed E-state index contributed by atoms with van der Waals surface area (Å²) in [4.78, 5) is 4.59. The number of rotatable bonds is 6. The van der Waals surface area contributed by atoms with E-state index in [4.69, 9.17) is 14.2 Å². The van der Waals surface area contributed by atoms with E-state index in [9.17, 15) is 13.2 Å². The molecule has 0 saturated heterocycles. The smallest absolute Gasteiger partial charge is 0.416 e. The van der Waals surface area contributed by atoms with Crippen LogP contribution in [-0.2, 0) is 6.18 Å². The van der Waals surface area contributed by atoms with Crippen LogP contribution in [0.4, 0.5) is 13.2 Å². The minimum atomic E-state index is -4.38. The SMILES string of the molecule is COc1cc(-c2ncn(C3CC3)c2-c2ccc(C(F)(F)F)cc2)cc(OC)c1OC. The van der Waals surface area contributed by atoms with Crippen LogP contribution in [0.5, 0.6) is 17.2 Å². The van der Waals surface area contributed by atoms with Crippen molar-refractivity contribution in [3.05, 3.63) is 48.3 Å². The van der Waals surface area contributed by atoms with E-state index >= 15 is 0 Å². The van der Waals surface area contributed by atoms with Gasteiger partial charge in [0, 0.05) is 17.2 Å². The Balaban J connectivity index is 1.87. The highest BCUT2D eigenvalue weighted by Crippen LogP contribution is 2.46. The van der Waals surface area contributed by atoms with Gasteiger partial charge in [-0.25, -0.2) is 4.98 Å². The molecule has 1 saturated carbocycles. The number of benzene rings is 2. The maximum Gasteiger partial charge on any atom is 0.416 e. The number of imidazole rings is 1. The largest absolute Gasteiger partial charge is 0.493 e. The molecular weight excluding hydrogens is 397 g/mol. The first kappa shape index (κ1) is 20.1. The zero-order valence-corrected chi connectivity index (χ0v) is 16.8. The van der Waals surface area contributed by atoms with Crippen molar-refractivity contribution in [3.63, 3.8) is 0 Å². The number of nitrogens with zero attached hydrogens (tertiary/aromatic N) is 2. The summed E-state index contributed by atoms with van der Waals surface area (Å²) < 4.78 is 57.3. The van der Waals surface area contributed by atoms with Gasteiger partial charge in [0.2, 0.25) is 5.75 Å². The van der Waals surface area contributed by atoms with E-state index in [2.05, 4.69) is 4.98 Å². The first-order valence-corrected chi connectivity index (χ1v) is 9.42. The van der Waals surface area contributed by atoms with E-state index in [-0.39, 0.29) is 0 Å². The Morgan fingerprint density at radius 1 is 0.900 bits per heavy atom. The molecule has 0 radical (unpaired) electrons. The molecule has 1 aliphatic carbocycles. The zero-order valence-electron chi connectivity index (χ0n) is 16.8. The summed E-state index contributed by atoms with van der Waals surface area (Å²) in [5, 5.41) is 0. The molecule has 158 valence electrons. The third-order valence-electron chi connectivity index (χ3n) is 5.16. The Bertz CT molecular complexity index is 1030. The molecule has 5 nitrogen and oxygen atoms in total. The van der Waals surface area contributed by atoms with Crippen molar-refractivity contribution in [1.82, 2.24) is 9.55 Å². The van der Waals surface area contributed by atoms with Crippen LogP contribution in [0, 0.1) is 0 Å². The lowest BCUT2D eigenvalue weighted by molar-refractivity contribution is -0.137. The van der Waals surface area contributed by atoms with Crippen LogP contribution in [0.15, 0.2) is 42.7 Å². The lowest BCUT2D eigenvalue weighted by Gasteiger charge is -2.15. The quantitative estimate of drug-likeness (QED) is 0.523. The van der Waals surface area contributed by atoms with Gasteiger partial charge in [0.1, 0.15) is 0 Å². The van der Waals surface area contributed by atoms with Crippen LogP contribution in [0.3, 0.4) is 0 Å². The summed E-state index contributed by atoms with van der Waals surface area (Å²) in [6.45, 7) is 0. The van der Waals surface area contributed by atoms with E-state index in [0.717, 1.165) is 36.2 Å². The molecule has 8 heteroatoms. The van der Waals surface area contributed by atoms with Crippen LogP contribution < -0.4 is 14.2 Å². The minimum absolute atomic E-state index is 0.297. The van der Waals surface area contributed by atoms with Gasteiger partial charge in [-0.2, -0.15) is 13.2 Å². The number of hydrogen-bond donors (Lipinski definition) is 0. The van der Waals surface area contributed by atoms with Crippen LogP contribution in [0.2, 0.25) is 0 Å². The summed E-state index contributed by atoms with van der Waals surface area (Å²) in [5.41, 5.74) is 2.11. The van der Waals surface area contributed by atoms with Crippen molar-refractivity contribution < 1.29 is 27.4 Å². The molecule has 0 bridgehead atoms. The molecule has 4 rings (SSSR count). The van der Waals surface area contributed by atoms with E-state index < -0.39 is 11.7 Å². The fourth-order valence-corrected chi connectivity index (χ4v) is 3.52. The van der Waals surface area contributed by atoms with Gasteiger partial charge in [-0.15, -0.1) is 0 Å². The van der Waals surface area contributed by atoms with Gasteiger partial charge in [0.05, 0.1) is 44.6 Å². The second-order valence-electron chi connectivity index (χ2n) is 7.07. The number of hydrogen-bond acceptors (Lipinski definition) is 4. The molecule has 0 unspecified atom stereocenters. The molecule has 1 fully saturated rings. The fraction of sp³-hybridized carbons (Fsp3) is 0.318. The van der Waals surface area contributed by atoms with Crippen molar-refractivity contribution in [2.75, 3.05) is 21.3 Å². The summed E-state index contributed by atoms with van der Waals surface area (Å²) in [5.74, 6) is 1.42. The molecule has 0 N–H and O–H groups in total.